The summed E-state index contributed by atoms with van der Waals surface area (Å²) in [6.07, 6.45) is -0.486. The molecule has 6 heteroatoms. The maximum atomic E-state index is 11.6. The van der Waals surface area contributed by atoms with Crippen LogP contribution in [0.25, 0.3) is 0 Å². The molecule has 1 rings (SSSR count). The molecule has 0 bridgehead atoms. The highest BCUT2D eigenvalue weighted by Crippen LogP contribution is 2.06. The minimum atomic E-state index is -1.01. The Bertz CT molecular complexity index is 244. The predicted molar refractivity (Wildman–Crippen MR) is 52.5 cm³/mol. The van der Waals surface area contributed by atoms with Gasteiger partial charge in [-0.15, -0.1) is 0 Å². The van der Waals surface area contributed by atoms with E-state index in [-0.39, 0.29) is 12.5 Å². The Labute approximate surface area is 88.2 Å². The lowest BCUT2D eigenvalue weighted by Gasteiger charge is -2.30. The second kappa shape index (κ2) is 5.67. The number of rotatable bonds is 4. The molecule has 1 amide bonds. The van der Waals surface area contributed by atoms with Gasteiger partial charge in [0.05, 0.1) is 13.2 Å². The number of amides is 1. The molecule has 0 aromatic heterocycles. The van der Waals surface area contributed by atoms with Crippen LogP contribution < -0.4 is 5.32 Å². The Morgan fingerprint density at radius 1 is 1.60 bits per heavy atom. The normalized spacial score (nSPS) is 21.4. The van der Waals surface area contributed by atoms with E-state index in [0.29, 0.717) is 26.1 Å². The molecule has 0 saturated carbocycles. The van der Waals surface area contributed by atoms with E-state index >= 15 is 0 Å². The molecule has 1 unspecified atom stereocenters. The third kappa shape index (κ3) is 3.49. The summed E-state index contributed by atoms with van der Waals surface area (Å²) < 4.78 is 5.02. The first-order valence-electron chi connectivity index (χ1n) is 4.92. The summed E-state index contributed by atoms with van der Waals surface area (Å²) in [4.78, 5) is 23.8. The number of hydrogen-bond donors (Lipinski definition) is 2. The van der Waals surface area contributed by atoms with Gasteiger partial charge in [0.1, 0.15) is 0 Å². The van der Waals surface area contributed by atoms with Crippen LogP contribution in [0.15, 0.2) is 0 Å². The standard InChI is InChI=1S/C9H16N2O4/c1-10-3-2-8(12)11-4-5-15-7(6-11)9(13)14/h7,10H,2-6H2,1H3,(H,13,14). The van der Waals surface area contributed by atoms with Crippen LogP contribution in [0.5, 0.6) is 0 Å². The summed E-state index contributed by atoms with van der Waals surface area (Å²) in [6, 6.07) is 0. The maximum Gasteiger partial charge on any atom is 0.334 e. The maximum absolute atomic E-state index is 11.6. The monoisotopic (exact) mass is 216 g/mol. The SMILES string of the molecule is CNCCC(=O)N1CCOC(C(=O)O)C1. The summed E-state index contributed by atoms with van der Waals surface area (Å²) in [5.41, 5.74) is 0. The molecule has 2 N–H and O–H groups in total. The second-order valence-electron chi connectivity index (χ2n) is 3.39. The smallest absolute Gasteiger partial charge is 0.334 e. The minimum Gasteiger partial charge on any atom is -0.479 e. The molecule has 0 aliphatic carbocycles. The van der Waals surface area contributed by atoms with E-state index in [0.717, 1.165) is 0 Å². The summed E-state index contributed by atoms with van der Waals surface area (Å²) >= 11 is 0. The van der Waals surface area contributed by atoms with Crippen LogP contribution in [-0.2, 0) is 14.3 Å². The molecule has 0 radical (unpaired) electrons. The Kier molecular flexibility index (Phi) is 4.51. The number of aliphatic carboxylic acids is 1. The second-order valence-corrected chi connectivity index (χ2v) is 3.39. The van der Waals surface area contributed by atoms with E-state index in [4.69, 9.17) is 9.84 Å². The van der Waals surface area contributed by atoms with Gasteiger partial charge in [-0.3, -0.25) is 4.79 Å². The number of carbonyl (C=O) groups excluding carboxylic acids is 1. The quantitative estimate of drug-likeness (QED) is 0.624. The Morgan fingerprint density at radius 3 is 2.93 bits per heavy atom. The molecule has 1 atom stereocenters. The van der Waals surface area contributed by atoms with E-state index in [9.17, 15) is 9.59 Å². The van der Waals surface area contributed by atoms with Gasteiger partial charge in [-0.05, 0) is 7.05 Å². The predicted octanol–water partition coefficient (Wildman–Crippen LogP) is -1.09. The number of nitrogens with zero attached hydrogens (tertiary/aromatic N) is 1. The lowest BCUT2D eigenvalue weighted by Crippen LogP contribution is -2.48. The average Bonchev–Trinajstić information content (AvgIpc) is 2.26. The van der Waals surface area contributed by atoms with Gasteiger partial charge in [0.15, 0.2) is 6.10 Å². The molecule has 0 aromatic carbocycles. The fraction of sp³-hybridized carbons (Fsp3) is 0.778. The number of carboxylic acid groups (broad SMARTS) is 1. The highest BCUT2D eigenvalue weighted by molar-refractivity contribution is 5.78. The summed E-state index contributed by atoms with van der Waals surface area (Å²) in [5, 5.41) is 11.6. The largest absolute Gasteiger partial charge is 0.479 e. The molecule has 0 aromatic rings. The zero-order chi connectivity index (χ0) is 11.3. The van der Waals surface area contributed by atoms with Crippen molar-refractivity contribution in [1.82, 2.24) is 10.2 Å². The molecule has 1 fully saturated rings. The summed E-state index contributed by atoms with van der Waals surface area (Å²) in [6.45, 7) is 1.53. The number of hydrogen-bond acceptors (Lipinski definition) is 4. The summed E-state index contributed by atoms with van der Waals surface area (Å²) in [5.74, 6) is -1.04. The van der Waals surface area contributed by atoms with Crippen molar-refractivity contribution in [2.45, 2.75) is 12.5 Å². The van der Waals surface area contributed by atoms with Gasteiger partial charge in [-0.1, -0.05) is 0 Å². The molecular formula is C9H16N2O4. The Morgan fingerprint density at radius 2 is 2.33 bits per heavy atom. The van der Waals surface area contributed by atoms with E-state index in [1.165, 1.54) is 0 Å². The van der Waals surface area contributed by atoms with Crippen molar-refractivity contribution in [3.05, 3.63) is 0 Å². The van der Waals surface area contributed by atoms with Crippen LogP contribution in [0.2, 0.25) is 0 Å². The van der Waals surface area contributed by atoms with E-state index < -0.39 is 12.1 Å². The molecule has 0 spiro atoms. The molecule has 6 nitrogen and oxygen atoms in total. The molecule has 86 valence electrons. The van der Waals surface area contributed by atoms with E-state index in [1.807, 2.05) is 0 Å². The Hall–Kier alpha value is -1.14. The number of ether oxygens (including phenoxy) is 1. The van der Waals surface area contributed by atoms with Gasteiger partial charge in [0, 0.05) is 19.5 Å². The zero-order valence-corrected chi connectivity index (χ0v) is 8.73. The topological polar surface area (TPSA) is 78.9 Å². The van der Waals surface area contributed by atoms with Gasteiger partial charge in [0.2, 0.25) is 5.91 Å². The van der Waals surface area contributed by atoms with Crippen molar-refractivity contribution in [2.24, 2.45) is 0 Å². The van der Waals surface area contributed by atoms with Crippen molar-refractivity contribution in [1.29, 1.82) is 0 Å². The molecule has 1 aliphatic rings. The lowest BCUT2D eigenvalue weighted by molar-refractivity contribution is -0.159. The average molecular weight is 216 g/mol. The van der Waals surface area contributed by atoms with Gasteiger partial charge in [-0.25, -0.2) is 4.79 Å². The van der Waals surface area contributed by atoms with Crippen LogP contribution in [0.3, 0.4) is 0 Å². The molecule has 1 heterocycles. The van der Waals surface area contributed by atoms with Crippen molar-refractivity contribution >= 4 is 11.9 Å². The highest BCUT2D eigenvalue weighted by Gasteiger charge is 2.28. The van der Waals surface area contributed by atoms with Crippen molar-refractivity contribution in [3.63, 3.8) is 0 Å². The van der Waals surface area contributed by atoms with Crippen LogP contribution >= 0.6 is 0 Å². The first-order chi connectivity index (χ1) is 7.15. The number of morpholine rings is 1. The van der Waals surface area contributed by atoms with Crippen molar-refractivity contribution in [2.75, 3.05) is 33.3 Å². The fourth-order valence-electron chi connectivity index (χ4n) is 1.42. The van der Waals surface area contributed by atoms with Crippen molar-refractivity contribution < 1.29 is 19.4 Å². The van der Waals surface area contributed by atoms with E-state index in [2.05, 4.69) is 5.32 Å². The van der Waals surface area contributed by atoms with Gasteiger partial charge < -0.3 is 20.1 Å². The van der Waals surface area contributed by atoms with Crippen LogP contribution in [0.4, 0.5) is 0 Å². The van der Waals surface area contributed by atoms with Gasteiger partial charge in [-0.2, -0.15) is 0 Å². The van der Waals surface area contributed by atoms with E-state index in [1.54, 1.807) is 11.9 Å². The molecule has 1 aliphatic heterocycles. The number of carbonyl (C=O) groups is 2. The first kappa shape index (κ1) is 11.9. The molecule has 1 saturated heterocycles. The Balaban J connectivity index is 2.41. The summed E-state index contributed by atoms with van der Waals surface area (Å²) in [7, 11) is 1.77. The minimum absolute atomic E-state index is 0.0288. The van der Waals surface area contributed by atoms with Crippen molar-refractivity contribution in [3.8, 4) is 0 Å². The molecule has 15 heavy (non-hydrogen) atoms. The molecular weight excluding hydrogens is 200 g/mol. The number of carboxylic acids is 1. The third-order valence-corrected chi connectivity index (χ3v) is 2.28. The highest BCUT2D eigenvalue weighted by atomic mass is 16.5. The third-order valence-electron chi connectivity index (χ3n) is 2.28. The first-order valence-corrected chi connectivity index (χ1v) is 4.92. The van der Waals surface area contributed by atoms with Crippen LogP contribution in [0, 0.1) is 0 Å². The van der Waals surface area contributed by atoms with Crippen LogP contribution in [0.1, 0.15) is 6.42 Å². The zero-order valence-electron chi connectivity index (χ0n) is 8.73. The van der Waals surface area contributed by atoms with Gasteiger partial charge in [0.25, 0.3) is 0 Å². The lowest BCUT2D eigenvalue weighted by atomic mass is 10.2. The van der Waals surface area contributed by atoms with Crippen LogP contribution in [-0.4, -0.2) is 61.3 Å². The fourth-order valence-corrected chi connectivity index (χ4v) is 1.42. The van der Waals surface area contributed by atoms with Gasteiger partial charge >= 0.3 is 5.97 Å². The number of nitrogens with one attached hydrogen (secondary N) is 1.